The van der Waals surface area contributed by atoms with Crippen LogP contribution in [0.1, 0.15) is 44.7 Å². The second-order valence-corrected chi connectivity index (χ2v) is 5.03. The quantitative estimate of drug-likeness (QED) is 0.747. The Morgan fingerprint density at radius 2 is 2.00 bits per heavy atom. The van der Waals surface area contributed by atoms with Crippen LogP contribution in [0.25, 0.3) is 0 Å². The van der Waals surface area contributed by atoms with Gasteiger partial charge in [-0.05, 0) is 42.9 Å². The molecule has 1 N–H and O–H groups in total. The van der Waals surface area contributed by atoms with Crippen LogP contribution in [-0.2, 0) is 6.42 Å². The molecule has 0 unspecified atom stereocenters. The van der Waals surface area contributed by atoms with Crippen molar-refractivity contribution in [3.63, 3.8) is 0 Å². The van der Waals surface area contributed by atoms with Crippen molar-refractivity contribution in [2.24, 2.45) is 5.92 Å². The molecule has 0 saturated carbocycles. The van der Waals surface area contributed by atoms with E-state index in [0.717, 1.165) is 6.54 Å². The van der Waals surface area contributed by atoms with Crippen molar-refractivity contribution in [3.05, 3.63) is 29.3 Å². The van der Waals surface area contributed by atoms with E-state index in [0.29, 0.717) is 5.92 Å². The Kier molecular flexibility index (Phi) is 5.37. The molecular formula is C15H25N. The Labute approximate surface area is 100 Å². The molecule has 0 saturated heterocycles. The van der Waals surface area contributed by atoms with Gasteiger partial charge in [-0.25, -0.2) is 0 Å². The van der Waals surface area contributed by atoms with E-state index in [1.165, 1.54) is 36.1 Å². The summed E-state index contributed by atoms with van der Waals surface area (Å²) in [5.74, 6) is 0.694. The Morgan fingerprint density at radius 3 is 2.56 bits per heavy atom. The fourth-order valence-electron chi connectivity index (χ4n) is 1.77. The Bertz CT molecular complexity index is 315. The number of aryl methyl sites for hydroxylation is 2. The van der Waals surface area contributed by atoms with Crippen LogP contribution in [0.3, 0.4) is 0 Å². The van der Waals surface area contributed by atoms with Crippen LogP contribution in [-0.4, -0.2) is 6.54 Å². The third-order valence-electron chi connectivity index (χ3n) is 2.81. The van der Waals surface area contributed by atoms with Gasteiger partial charge in [0, 0.05) is 12.2 Å². The molecule has 0 radical (unpaired) electrons. The first-order valence-corrected chi connectivity index (χ1v) is 6.47. The maximum atomic E-state index is 3.50. The van der Waals surface area contributed by atoms with E-state index in [1.54, 1.807) is 0 Å². The van der Waals surface area contributed by atoms with Crippen molar-refractivity contribution in [3.8, 4) is 0 Å². The second-order valence-electron chi connectivity index (χ2n) is 5.03. The van der Waals surface area contributed by atoms with Crippen molar-refractivity contribution in [1.82, 2.24) is 0 Å². The highest BCUT2D eigenvalue weighted by Crippen LogP contribution is 2.18. The summed E-state index contributed by atoms with van der Waals surface area (Å²) in [6, 6.07) is 6.80. The monoisotopic (exact) mass is 219 g/mol. The first kappa shape index (κ1) is 13.1. The smallest absolute Gasteiger partial charge is 0.0370 e. The minimum atomic E-state index is 0.694. The Balaban J connectivity index is 2.60. The van der Waals surface area contributed by atoms with E-state index in [9.17, 15) is 0 Å². The van der Waals surface area contributed by atoms with Gasteiger partial charge < -0.3 is 5.32 Å². The fraction of sp³-hybridized carbons (Fsp3) is 0.600. The highest BCUT2D eigenvalue weighted by Gasteiger charge is 2.00. The Morgan fingerprint density at radius 1 is 1.25 bits per heavy atom. The molecular weight excluding hydrogens is 194 g/mol. The lowest BCUT2D eigenvalue weighted by Crippen LogP contribution is -2.08. The zero-order valence-corrected chi connectivity index (χ0v) is 11.1. The van der Waals surface area contributed by atoms with E-state index < -0.39 is 0 Å². The summed E-state index contributed by atoms with van der Waals surface area (Å²) < 4.78 is 0. The molecule has 0 spiro atoms. The number of nitrogens with one attached hydrogen (secondary N) is 1. The van der Waals surface area contributed by atoms with E-state index in [4.69, 9.17) is 0 Å². The first-order chi connectivity index (χ1) is 7.63. The van der Waals surface area contributed by atoms with E-state index >= 15 is 0 Å². The number of anilines is 1. The van der Waals surface area contributed by atoms with Gasteiger partial charge in [0.15, 0.2) is 0 Å². The molecule has 90 valence electrons. The molecule has 0 bridgehead atoms. The van der Waals surface area contributed by atoms with Gasteiger partial charge in [0.1, 0.15) is 0 Å². The molecule has 1 nitrogen and oxygen atoms in total. The maximum Gasteiger partial charge on any atom is 0.0370 e. The molecule has 1 aromatic rings. The highest BCUT2D eigenvalue weighted by molar-refractivity contribution is 5.52. The fourth-order valence-corrected chi connectivity index (χ4v) is 1.77. The van der Waals surface area contributed by atoms with E-state index in [2.05, 4.69) is 51.2 Å². The lowest BCUT2D eigenvalue weighted by atomic mass is 10.0. The van der Waals surface area contributed by atoms with Gasteiger partial charge in [0.05, 0.1) is 0 Å². The maximum absolute atomic E-state index is 3.50. The summed E-state index contributed by atoms with van der Waals surface area (Å²) >= 11 is 0. The number of unbranched alkanes of at least 4 members (excludes halogenated alkanes) is 1. The van der Waals surface area contributed by atoms with Crippen molar-refractivity contribution in [2.45, 2.75) is 47.0 Å². The number of benzene rings is 1. The van der Waals surface area contributed by atoms with Crippen LogP contribution in [0.15, 0.2) is 18.2 Å². The second kappa shape index (κ2) is 6.57. The number of hydrogen-bond donors (Lipinski definition) is 1. The van der Waals surface area contributed by atoms with Crippen molar-refractivity contribution in [1.29, 1.82) is 0 Å². The predicted octanol–water partition coefficient (Wildman–Crippen LogP) is 4.41. The summed E-state index contributed by atoms with van der Waals surface area (Å²) in [4.78, 5) is 0. The first-order valence-electron chi connectivity index (χ1n) is 6.47. The summed E-state index contributed by atoms with van der Waals surface area (Å²) in [5.41, 5.74) is 4.12. The minimum Gasteiger partial charge on any atom is -0.385 e. The lowest BCUT2D eigenvalue weighted by molar-refractivity contribution is 0.688. The lowest BCUT2D eigenvalue weighted by Gasteiger charge is -2.12. The van der Waals surface area contributed by atoms with Crippen LogP contribution in [0.4, 0.5) is 5.69 Å². The normalized spacial score (nSPS) is 10.8. The molecule has 16 heavy (non-hydrogen) atoms. The van der Waals surface area contributed by atoms with Gasteiger partial charge in [-0.3, -0.25) is 0 Å². The third kappa shape index (κ3) is 4.26. The summed E-state index contributed by atoms with van der Waals surface area (Å²) in [6.45, 7) is 9.95. The molecule has 1 heteroatoms. The van der Waals surface area contributed by atoms with Crippen LogP contribution < -0.4 is 5.32 Å². The van der Waals surface area contributed by atoms with Gasteiger partial charge in [-0.15, -0.1) is 0 Å². The highest BCUT2D eigenvalue weighted by atomic mass is 14.9. The van der Waals surface area contributed by atoms with Crippen molar-refractivity contribution >= 4 is 5.69 Å². The minimum absolute atomic E-state index is 0.694. The molecule has 0 aromatic heterocycles. The molecule has 0 atom stereocenters. The summed E-state index contributed by atoms with van der Waals surface area (Å²) in [6.07, 6.45) is 3.77. The zero-order chi connectivity index (χ0) is 12.0. The van der Waals surface area contributed by atoms with Crippen LogP contribution >= 0.6 is 0 Å². The molecule has 1 rings (SSSR count). The SMILES string of the molecule is CCCCc1ccc(NCC(C)C)c(C)c1. The standard InChI is InChI=1S/C15H25N/c1-5-6-7-14-8-9-15(13(4)10-14)16-11-12(2)3/h8-10,12,16H,5-7,11H2,1-4H3. The molecule has 0 heterocycles. The average molecular weight is 219 g/mol. The molecule has 0 aliphatic heterocycles. The van der Waals surface area contributed by atoms with Gasteiger partial charge in [0.2, 0.25) is 0 Å². The van der Waals surface area contributed by atoms with E-state index in [1.807, 2.05) is 0 Å². The van der Waals surface area contributed by atoms with Crippen molar-refractivity contribution < 1.29 is 0 Å². The van der Waals surface area contributed by atoms with Crippen LogP contribution in [0, 0.1) is 12.8 Å². The van der Waals surface area contributed by atoms with Gasteiger partial charge in [-0.1, -0.05) is 39.3 Å². The van der Waals surface area contributed by atoms with Gasteiger partial charge in [0.25, 0.3) is 0 Å². The van der Waals surface area contributed by atoms with E-state index in [-0.39, 0.29) is 0 Å². The topological polar surface area (TPSA) is 12.0 Å². The summed E-state index contributed by atoms with van der Waals surface area (Å²) in [7, 11) is 0. The zero-order valence-electron chi connectivity index (χ0n) is 11.1. The predicted molar refractivity (Wildman–Crippen MR) is 73.1 cm³/mol. The van der Waals surface area contributed by atoms with Crippen LogP contribution in [0.2, 0.25) is 0 Å². The Hall–Kier alpha value is -0.980. The average Bonchev–Trinajstić information content (AvgIpc) is 2.24. The molecule has 0 amide bonds. The number of rotatable bonds is 6. The van der Waals surface area contributed by atoms with Gasteiger partial charge >= 0.3 is 0 Å². The number of hydrogen-bond acceptors (Lipinski definition) is 1. The molecule has 1 aromatic carbocycles. The molecule has 0 aliphatic carbocycles. The largest absolute Gasteiger partial charge is 0.385 e. The van der Waals surface area contributed by atoms with Crippen molar-refractivity contribution in [2.75, 3.05) is 11.9 Å². The van der Waals surface area contributed by atoms with Gasteiger partial charge in [-0.2, -0.15) is 0 Å². The summed E-state index contributed by atoms with van der Waals surface area (Å²) in [5, 5.41) is 3.50. The molecule has 0 aliphatic rings. The third-order valence-corrected chi connectivity index (χ3v) is 2.81. The van der Waals surface area contributed by atoms with Crippen LogP contribution in [0.5, 0.6) is 0 Å². The molecule has 0 fully saturated rings.